The highest BCUT2D eigenvalue weighted by Gasteiger charge is 2.23. The first-order chi connectivity index (χ1) is 12.6. The van der Waals surface area contributed by atoms with Gasteiger partial charge in [-0.3, -0.25) is 0 Å². The lowest BCUT2D eigenvalue weighted by Gasteiger charge is -2.25. The molecular weight excluding hydrogens is 347 g/mol. The van der Waals surface area contributed by atoms with Gasteiger partial charge >= 0.3 is 0 Å². The molecule has 142 valence electrons. The molecule has 0 radical (unpaired) electrons. The summed E-state index contributed by atoms with van der Waals surface area (Å²) >= 11 is 0. The van der Waals surface area contributed by atoms with E-state index >= 15 is 0 Å². The van der Waals surface area contributed by atoms with Gasteiger partial charge in [-0.15, -0.1) is 0 Å². The summed E-state index contributed by atoms with van der Waals surface area (Å²) in [7, 11) is 2.67. The fourth-order valence-corrected chi connectivity index (χ4v) is 5.60. The number of aryl methyl sites for hydroxylation is 2. The first kappa shape index (κ1) is 20.7. The largest absolute Gasteiger partial charge is 0.467 e. The van der Waals surface area contributed by atoms with Gasteiger partial charge in [0, 0.05) is 24.8 Å². The van der Waals surface area contributed by atoms with Gasteiger partial charge < -0.3 is 18.9 Å². The van der Waals surface area contributed by atoms with Crippen LogP contribution in [0.3, 0.4) is 0 Å². The van der Waals surface area contributed by atoms with Gasteiger partial charge in [-0.05, 0) is 39.1 Å². The van der Waals surface area contributed by atoms with Crippen LogP contribution in [0.2, 0.25) is 0 Å². The molecule has 2 aromatic rings. The third-order valence-corrected chi connectivity index (χ3v) is 6.82. The number of hydrogen-bond donors (Lipinski definition) is 0. The van der Waals surface area contributed by atoms with E-state index in [1.54, 1.807) is 14.2 Å². The molecule has 0 amide bonds. The summed E-state index contributed by atoms with van der Waals surface area (Å²) in [5.74, 6) is 1.85. The highest BCUT2D eigenvalue weighted by atomic mass is 31.1. The molecule has 0 aliphatic carbocycles. The van der Waals surface area contributed by atoms with E-state index in [1.165, 1.54) is 10.6 Å². The highest BCUT2D eigenvalue weighted by Crippen LogP contribution is 2.42. The van der Waals surface area contributed by atoms with Gasteiger partial charge in [-0.25, -0.2) is 0 Å². The van der Waals surface area contributed by atoms with Crippen molar-refractivity contribution in [2.45, 2.75) is 27.2 Å². The summed E-state index contributed by atoms with van der Waals surface area (Å²) in [5.41, 5.74) is 2.24. The van der Waals surface area contributed by atoms with Crippen molar-refractivity contribution in [3.63, 3.8) is 0 Å². The van der Waals surface area contributed by atoms with Crippen LogP contribution < -0.4 is 20.1 Å². The molecule has 0 saturated heterocycles. The van der Waals surface area contributed by atoms with Gasteiger partial charge in [0.25, 0.3) is 0 Å². The second-order valence-corrected chi connectivity index (χ2v) is 8.37. The Labute approximate surface area is 158 Å². The molecule has 0 unspecified atom stereocenters. The van der Waals surface area contributed by atoms with E-state index in [9.17, 15) is 0 Å². The van der Waals surface area contributed by atoms with Gasteiger partial charge in [0.2, 0.25) is 0 Å². The molecule has 0 heterocycles. The second kappa shape index (κ2) is 10.5. The topological polar surface area (TPSA) is 36.9 Å². The lowest BCUT2D eigenvalue weighted by Crippen LogP contribution is -2.21. The van der Waals surface area contributed by atoms with Gasteiger partial charge in [-0.2, -0.15) is 0 Å². The Hall–Kier alpha value is -1.61. The normalized spacial score (nSPS) is 11.0. The monoisotopic (exact) mass is 376 g/mol. The van der Waals surface area contributed by atoms with Crippen LogP contribution >= 0.6 is 7.92 Å². The van der Waals surface area contributed by atoms with E-state index in [4.69, 9.17) is 18.9 Å². The minimum atomic E-state index is -0.619. The molecule has 5 heteroatoms. The minimum absolute atomic E-state index is 0.244. The zero-order chi connectivity index (χ0) is 18.9. The summed E-state index contributed by atoms with van der Waals surface area (Å²) in [4.78, 5) is 0. The van der Waals surface area contributed by atoms with E-state index in [2.05, 4.69) is 57.2 Å². The maximum atomic E-state index is 5.95. The van der Waals surface area contributed by atoms with Crippen molar-refractivity contribution in [3.05, 3.63) is 47.5 Å². The molecule has 0 aliphatic heterocycles. The van der Waals surface area contributed by atoms with Crippen molar-refractivity contribution in [1.29, 1.82) is 0 Å². The maximum Gasteiger partial charge on any atom is 0.188 e. The predicted molar refractivity (Wildman–Crippen MR) is 109 cm³/mol. The molecule has 2 aromatic carbocycles. The zero-order valence-corrected chi connectivity index (χ0v) is 17.3. The molecule has 0 aromatic heterocycles. The molecular formula is C21H29O4P. The van der Waals surface area contributed by atoms with Crippen molar-refractivity contribution in [1.82, 2.24) is 0 Å². The molecule has 26 heavy (non-hydrogen) atoms. The highest BCUT2D eigenvalue weighted by molar-refractivity contribution is 7.73. The van der Waals surface area contributed by atoms with Crippen LogP contribution in [0.4, 0.5) is 0 Å². The van der Waals surface area contributed by atoms with Crippen LogP contribution in [0.15, 0.2) is 36.4 Å². The summed E-state index contributed by atoms with van der Waals surface area (Å²) in [6.45, 7) is 6.85. The molecule has 4 nitrogen and oxygen atoms in total. The lowest BCUT2D eigenvalue weighted by molar-refractivity contribution is 0.0514. The Kier molecular flexibility index (Phi) is 8.37. The number of benzene rings is 2. The average molecular weight is 376 g/mol. The second-order valence-electron chi connectivity index (χ2n) is 6.10. The van der Waals surface area contributed by atoms with Gasteiger partial charge in [-0.1, -0.05) is 49.7 Å². The van der Waals surface area contributed by atoms with E-state index < -0.39 is 7.92 Å². The number of para-hydroxylation sites is 2. The molecule has 0 aliphatic rings. The molecule has 0 saturated carbocycles. The van der Waals surface area contributed by atoms with E-state index in [0.717, 1.165) is 35.2 Å². The van der Waals surface area contributed by atoms with Crippen LogP contribution in [0, 0.1) is 13.8 Å². The first-order valence-corrected chi connectivity index (χ1v) is 10.4. The number of methoxy groups -OCH3 is 2. The van der Waals surface area contributed by atoms with Gasteiger partial charge in [0.15, 0.2) is 13.6 Å². The number of rotatable bonds is 10. The van der Waals surface area contributed by atoms with Crippen LogP contribution in [0.25, 0.3) is 0 Å². The standard InChI is InChI=1S/C21H29O4P/c1-6-13-26(18-11-7-9-16(2)20(18)24-14-22-4)19-12-8-10-17(3)21(19)25-15-23-5/h7-12H,6,13-15H2,1-5H3. The summed E-state index contributed by atoms with van der Waals surface area (Å²) in [6, 6.07) is 12.7. The van der Waals surface area contributed by atoms with Crippen molar-refractivity contribution < 1.29 is 18.9 Å². The van der Waals surface area contributed by atoms with Crippen LogP contribution in [0.1, 0.15) is 24.5 Å². The quantitative estimate of drug-likeness (QED) is 0.462. The fourth-order valence-electron chi connectivity index (χ4n) is 2.90. The van der Waals surface area contributed by atoms with Crippen LogP contribution in [-0.4, -0.2) is 34.0 Å². The maximum absolute atomic E-state index is 5.95. The Morgan fingerprint density at radius 1 is 0.769 bits per heavy atom. The first-order valence-electron chi connectivity index (χ1n) is 8.84. The predicted octanol–water partition coefficient (Wildman–Crippen LogP) is 4.11. The summed E-state index contributed by atoms with van der Waals surface area (Å²) < 4.78 is 22.2. The van der Waals surface area contributed by atoms with Crippen molar-refractivity contribution in [3.8, 4) is 11.5 Å². The van der Waals surface area contributed by atoms with E-state index in [-0.39, 0.29) is 13.6 Å². The molecule has 2 rings (SSSR count). The van der Waals surface area contributed by atoms with E-state index in [0.29, 0.717) is 0 Å². The van der Waals surface area contributed by atoms with Gasteiger partial charge in [0.1, 0.15) is 11.5 Å². The zero-order valence-electron chi connectivity index (χ0n) is 16.4. The minimum Gasteiger partial charge on any atom is -0.467 e. The van der Waals surface area contributed by atoms with Crippen LogP contribution in [0.5, 0.6) is 11.5 Å². The Morgan fingerprint density at radius 3 is 1.62 bits per heavy atom. The third-order valence-electron chi connectivity index (χ3n) is 4.05. The van der Waals surface area contributed by atoms with E-state index in [1.807, 2.05) is 0 Å². The van der Waals surface area contributed by atoms with Crippen molar-refractivity contribution in [2.24, 2.45) is 0 Å². The summed E-state index contributed by atoms with van der Waals surface area (Å²) in [6.07, 6.45) is 2.15. The molecule has 0 fully saturated rings. The van der Waals surface area contributed by atoms with Crippen molar-refractivity contribution >= 4 is 18.5 Å². The average Bonchev–Trinajstić information content (AvgIpc) is 2.64. The number of hydrogen-bond acceptors (Lipinski definition) is 4. The Morgan fingerprint density at radius 2 is 1.23 bits per heavy atom. The molecule has 0 bridgehead atoms. The van der Waals surface area contributed by atoms with Gasteiger partial charge in [0.05, 0.1) is 0 Å². The third kappa shape index (κ3) is 4.97. The SMILES string of the molecule is CCCP(c1cccc(C)c1OCOC)c1cccc(C)c1OCOC. The summed E-state index contributed by atoms with van der Waals surface area (Å²) in [5, 5.41) is 2.46. The van der Waals surface area contributed by atoms with Crippen molar-refractivity contribution in [2.75, 3.05) is 34.0 Å². The molecule has 0 spiro atoms. The Balaban J connectivity index is 2.54. The molecule has 0 N–H and O–H groups in total. The smallest absolute Gasteiger partial charge is 0.188 e. The van der Waals surface area contributed by atoms with Crippen LogP contribution in [-0.2, 0) is 9.47 Å². The molecule has 0 atom stereocenters. The number of ether oxygens (including phenoxy) is 4. The fraction of sp³-hybridized carbons (Fsp3) is 0.429. The Bertz CT molecular complexity index is 645. The lowest BCUT2D eigenvalue weighted by atomic mass is 10.2.